The zero-order chi connectivity index (χ0) is 22.0. The van der Waals surface area contributed by atoms with Gasteiger partial charge in [-0.2, -0.15) is 18.4 Å². The molecular formula is C21H22ClF3N6O. The van der Waals surface area contributed by atoms with Gasteiger partial charge in [0.15, 0.2) is 0 Å². The van der Waals surface area contributed by atoms with Crippen LogP contribution < -0.4 is 10.1 Å². The average molecular weight is 467 g/mol. The maximum absolute atomic E-state index is 13.8. The van der Waals surface area contributed by atoms with E-state index in [1.54, 1.807) is 23.9 Å². The second-order valence-corrected chi connectivity index (χ2v) is 7.60. The second-order valence-electron chi connectivity index (χ2n) is 7.60. The lowest BCUT2D eigenvalue weighted by molar-refractivity contribution is -0.139. The highest BCUT2D eigenvalue weighted by atomic mass is 35.5. The van der Waals surface area contributed by atoms with Gasteiger partial charge in [-0.3, -0.25) is 0 Å². The molecule has 0 spiro atoms. The summed E-state index contributed by atoms with van der Waals surface area (Å²) in [5, 5.41) is 13.0. The number of piperidine rings is 1. The molecule has 0 saturated carbocycles. The number of hydrogen-bond acceptors (Lipinski definition) is 6. The van der Waals surface area contributed by atoms with Gasteiger partial charge >= 0.3 is 6.18 Å². The monoisotopic (exact) mass is 466 g/mol. The molecule has 3 aromatic heterocycles. The lowest BCUT2D eigenvalue weighted by Gasteiger charge is -2.22. The van der Waals surface area contributed by atoms with Crippen LogP contribution >= 0.6 is 12.4 Å². The van der Waals surface area contributed by atoms with Crippen LogP contribution in [0.15, 0.2) is 24.5 Å². The van der Waals surface area contributed by atoms with Gasteiger partial charge in [0, 0.05) is 30.4 Å². The number of aryl methyl sites for hydroxylation is 1. The van der Waals surface area contributed by atoms with E-state index >= 15 is 0 Å². The van der Waals surface area contributed by atoms with E-state index in [9.17, 15) is 18.4 Å². The smallest absolute Gasteiger partial charge is 0.421 e. The van der Waals surface area contributed by atoms with Gasteiger partial charge in [-0.15, -0.1) is 12.4 Å². The molecule has 0 radical (unpaired) electrons. The van der Waals surface area contributed by atoms with Crippen molar-refractivity contribution in [1.82, 2.24) is 24.8 Å². The van der Waals surface area contributed by atoms with Crippen LogP contribution in [0.25, 0.3) is 22.3 Å². The van der Waals surface area contributed by atoms with Crippen molar-refractivity contribution >= 4 is 23.4 Å². The van der Waals surface area contributed by atoms with Crippen LogP contribution in [0.2, 0.25) is 0 Å². The molecule has 7 nitrogen and oxygen atoms in total. The van der Waals surface area contributed by atoms with Crippen LogP contribution in [0.5, 0.6) is 5.88 Å². The summed E-state index contributed by atoms with van der Waals surface area (Å²) in [6, 6.07) is 4.52. The van der Waals surface area contributed by atoms with E-state index in [1.165, 1.54) is 6.20 Å². The van der Waals surface area contributed by atoms with Crippen LogP contribution in [0.1, 0.15) is 30.7 Å². The first-order valence-electron chi connectivity index (χ1n) is 10.0. The largest absolute Gasteiger partial charge is 0.477 e. The molecule has 11 heteroatoms. The summed E-state index contributed by atoms with van der Waals surface area (Å²) in [6.45, 7) is 1.99. The highest BCUT2D eigenvalue weighted by Gasteiger charge is 2.36. The van der Waals surface area contributed by atoms with Crippen molar-refractivity contribution in [2.24, 2.45) is 13.0 Å². The topological polar surface area (TPSA) is 88.6 Å². The molecule has 32 heavy (non-hydrogen) atoms. The van der Waals surface area contributed by atoms with E-state index in [1.807, 2.05) is 6.07 Å². The van der Waals surface area contributed by atoms with Crippen molar-refractivity contribution < 1.29 is 17.9 Å². The summed E-state index contributed by atoms with van der Waals surface area (Å²) < 4.78 is 48.4. The minimum atomic E-state index is -4.65. The molecule has 1 atom stereocenters. The SMILES string of the molecule is Cl.Cn1ccc2c(-c3cnc(OCCC4CCCNC4)c(C(F)(F)F)c3)nc(C#N)nc21. The Hall–Kier alpha value is -2.90. The number of nitrogens with zero attached hydrogens (tertiary/aromatic N) is 5. The molecule has 1 fully saturated rings. The van der Waals surface area contributed by atoms with Crippen molar-refractivity contribution in [3.8, 4) is 23.2 Å². The van der Waals surface area contributed by atoms with Crippen LogP contribution in [-0.2, 0) is 13.2 Å². The first-order chi connectivity index (χ1) is 14.9. The van der Waals surface area contributed by atoms with E-state index in [4.69, 9.17) is 4.74 Å². The predicted molar refractivity (Wildman–Crippen MR) is 114 cm³/mol. The number of ether oxygens (including phenoxy) is 1. The average Bonchev–Trinajstić information content (AvgIpc) is 3.14. The van der Waals surface area contributed by atoms with Gasteiger partial charge in [0.1, 0.15) is 17.3 Å². The molecule has 0 bridgehead atoms. The Bertz CT molecular complexity index is 1130. The maximum Gasteiger partial charge on any atom is 0.421 e. The highest BCUT2D eigenvalue weighted by molar-refractivity contribution is 5.91. The summed E-state index contributed by atoms with van der Waals surface area (Å²) in [5.74, 6) is -0.183. The lowest BCUT2D eigenvalue weighted by Crippen LogP contribution is -2.30. The first-order valence-corrected chi connectivity index (χ1v) is 10.0. The fourth-order valence-electron chi connectivity index (χ4n) is 3.80. The normalized spacial score (nSPS) is 16.4. The number of nitriles is 1. The molecule has 1 N–H and O–H groups in total. The Labute approximate surface area is 189 Å². The summed E-state index contributed by atoms with van der Waals surface area (Å²) in [7, 11) is 1.73. The number of aromatic nitrogens is 4. The Kier molecular flexibility index (Phi) is 7.21. The minimum absolute atomic E-state index is 0. The maximum atomic E-state index is 13.8. The van der Waals surface area contributed by atoms with Crippen molar-refractivity contribution in [1.29, 1.82) is 5.26 Å². The summed E-state index contributed by atoms with van der Waals surface area (Å²) >= 11 is 0. The zero-order valence-corrected chi connectivity index (χ0v) is 18.1. The van der Waals surface area contributed by atoms with Gasteiger partial charge < -0.3 is 14.6 Å². The molecule has 0 aromatic carbocycles. The van der Waals surface area contributed by atoms with E-state index < -0.39 is 17.6 Å². The van der Waals surface area contributed by atoms with E-state index in [-0.39, 0.29) is 36.1 Å². The molecule has 4 rings (SSSR count). The Morgan fingerprint density at radius 3 is 2.84 bits per heavy atom. The van der Waals surface area contributed by atoms with Crippen molar-refractivity contribution in [3.63, 3.8) is 0 Å². The fourth-order valence-corrected chi connectivity index (χ4v) is 3.80. The van der Waals surface area contributed by atoms with E-state index in [0.717, 1.165) is 32.0 Å². The number of fused-ring (bicyclic) bond motifs is 1. The van der Waals surface area contributed by atoms with E-state index in [2.05, 4.69) is 20.3 Å². The van der Waals surface area contributed by atoms with Gasteiger partial charge in [-0.1, -0.05) is 0 Å². The summed E-state index contributed by atoms with van der Waals surface area (Å²) in [6.07, 6.45) is 1.11. The van der Waals surface area contributed by atoms with Gasteiger partial charge in [0.25, 0.3) is 0 Å². The molecule has 3 aromatic rings. The van der Waals surface area contributed by atoms with Crippen molar-refractivity contribution in [2.45, 2.75) is 25.4 Å². The predicted octanol–water partition coefficient (Wildman–Crippen LogP) is 4.11. The van der Waals surface area contributed by atoms with E-state index in [0.29, 0.717) is 23.4 Å². The summed E-state index contributed by atoms with van der Waals surface area (Å²) in [4.78, 5) is 12.2. The van der Waals surface area contributed by atoms with Crippen LogP contribution in [0.4, 0.5) is 13.2 Å². The highest BCUT2D eigenvalue weighted by Crippen LogP contribution is 2.38. The molecule has 0 aliphatic carbocycles. The molecule has 0 amide bonds. The number of pyridine rings is 1. The third-order valence-corrected chi connectivity index (χ3v) is 5.42. The third-order valence-electron chi connectivity index (χ3n) is 5.42. The zero-order valence-electron chi connectivity index (χ0n) is 17.3. The first kappa shape index (κ1) is 23.8. The van der Waals surface area contributed by atoms with Crippen molar-refractivity contribution in [3.05, 3.63) is 35.9 Å². The quantitative estimate of drug-likeness (QED) is 0.608. The Morgan fingerprint density at radius 1 is 1.34 bits per heavy atom. The molecule has 4 heterocycles. The van der Waals surface area contributed by atoms with Gasteiger partial charge in [-0.25, -0.2) is 15.0 Å². The molecular weight excluding hydrogens is 445 g/mol. The number of rotatable bonds is 5. The van der Waals surface area contributed by atoms with Gasteiger partial charge in [0.05, 0.1) is 12.3 Å². The molecule has 1 unspecified atom stereocenters. The Morgan fingerprint density at radius 2 is 2.16 bits per heavy atom. The Balaban J connectivity index is 0.00000289. The molecule has 1 aliphatic rings. The lowest BCUT2D eigenvalue weighted by atomic mass is 9.97. The second kappa shape index (κ2) is 9.71. The summed E-state index contributed by atoms with van der Waals surface area (Å²) in [5.41, 5.74) is -0.143. The van der Waals surface area contributed by atoms with Crippen LogP contribution in [0, 0.1) is 17.2 Å². The van der Waals surface area contributed by atoms with Crippen LogP contribution in [0.3, 0.4) is 0 Å². The molecule has 1 saturated heterocycles. The van der Waals surface area contributed by atoms with Gasteiger partial charge in [-0.05, 0) is 50.4 Å². The number of alkyl halides is 3. The number of hydrogen-bond donors (Lipinski definition) is 1. The van der Waals surface area contributed by atoms with Crippen molar-refractivity contribution in [2.75, 3.05) is 19.7 Å². The number of nitrogens with one attached hydrogen (secondary N) is 1. The third kappa shape index (κ3) is 4.95. The molecule has 1 aliphatic heterocycles. The fraction of sp³-hybridized carbons (Fsp3) is 0.429. The molecule has 170 valence electrons. The van der Waals surface area contributed by atoms with Gasteiger partial charge in [0.2, 0.25) is 11.7 Å². The number of halogens is 4. The van der Waals surface area contributed by atoms with Crippen LogP contribution in [-0.4, -0.2) is 39.2 Å². The minimum Gasteiger partial charge on any atom is -0.477 e. The standard InChI is InChI=1S/C21H21F3N6O.ClH/c1-30-7-4-15-18(28-17(10-25)29-19(15)30)14-9-16(21(22,23)24)20(27-12-14)31-8-5-13-3-2-6-26-11-13;/h4,7,9,12-13,26H,2-3,5-6,8,11H2,1H3;1H.